The number of hydrogen-bond acceptors (Lipinski definition) is 4. The van der Waals surface area contributed by atoms with Crippen LogP contribution in [0, 0.1) is 11.3 Å². The van der Waals surface area contributed by atoms with Crippen molar-refractivity contribution in [2.75, 3.05) is 33.3 Å². The number of nitrogens with zero attached hydrogens (tertiary/aromatic N) is 2. The maximum absolute atomic E-state index is 13.7. The fraction of sp³-hybridized carbons (Fsp3) is 0.478. The van der Waals surface area contributed by atoms with E-state index in [-0.39, 0.29) is 22.8 Å². The second-order valence-electron chi connectivity index (χ2n) is 8.82. The molecule has 1 amide bonds. The van der Waals surface area contributed by atoms with Gasteiger partial charge in [-0.1, -0.05) is 18.2 Å². The number of ether oxygens (including phenoxy) is 1. The second-order valence-corrected chi connectivity index (χ2v) is 8.82. The van der Waals surface area contributed by atoms with Crippen LogP contribution in [-0.2, 0) is 17.8 Å². The van der Waals surface area contributed by atoms with Crippen LogP contribution in [0.3, 0.4) is 0 Å². The van der Waals surface area contributed by atoms with Gasteiger partial charge in [-0.2, -0.15) is 0 Å². The monoisotopic (exact) mass is 393 g/mol. The maximum atomic E-state index is 13.7. The lowest BCUT2D eigenvalue weighted by Gasteiger charge is -2.49. The Hall–Kier alpha value is -2.60. The molecule has 2 fully saturated rings. The number of rotatable bonds is 4. The van der Waals surface area contributed by atoms with Gasteiger partial charge >= 0.3 is 0 Å². The Morgan fingerprint density at radius 3 is 2.76 bits per heavy atom. The highest BCUT2D eigenvalue weighted by Gasteiger charge is 2.48. The molecule has 2 bridgehead atoms. The SMILES string of the molecule is COc1cccc(CC2(C(=O)N3C[C@@H]4C[C@H](C3)c3cccc(=O)n3C4)CNC2)c1. The summed E-state index contributed by atoms with van der Waals surface area (Å²) in [6, 6.07) is 13.5. The molecule has 6 heteroatoms. The first kappa shape index (κ1) is 18.4. The molecule has 29 heavy (non-hydrogen) atoms. The quantitative estimate of drug-likeness (QED) is 0.858. The van der Waals surface area contributed by atoms with Gasteiger partial charge in [-0.25, -0.2) is 0 Å². The first-order valence-electron chi connectivity index (χ1n) is 10.4. The van der Waals surface area contributed by atoms with Gasteiger partial charge in [0.2, 0.25) is 5.91 Å². The number of amides is 1. The summed E-state index contributed by atoms with van der Waals surface area (Å²) in [4.78, 5) is 28.0. The fourth-order valence-corrected chi connectivity index (χ4v) is 5.35. The molecular weight excluding hydrogens is 366 g/mol. The molecule has 0 unspecified atom stereocenters. The van der Waals surface area contributed by atoms with Gasteiger partial charge in [-0.3, -0.25) is 9.59 Å². The molecule has 0 spiro atoms. The molecule has 6 nitrogen and oxygen atoms in total. The molecule has 1 N–H and O–H groups in total. The normalized spacial score (nSPS) is 24.4. The van der Waals surface area contributed by atoms with E-state index in [1.165, 1.54) is 0 Å². The summed E-state index contributed by atoms with van der Waals surface area (Å²) in [6.07, 6.45) is 1.78. The second kappa shape index (κ2) is 7.02. The third-order valence-corrected chi connectivity index (χ3v) is 6.82. The smallest absolute Gasteiger partial charge is 0.250 e. The lowest BCUT2D eigenvalue weighted by molar-refractivity contribution is -0.148. The zero-order valence-electron chi connectivity index (χ0n) is 16.8. The van der Waals surface area contributed by atoms with Gasteiger partial charge in [-0.15, -0.1) is 0 Å². The highest BCUT2D eigenvalue weighted by molar-refractivity contribution is 5.85. The minimum absolute atomic E-state index is 0.0784. The predicted molar refractivity (Wildman–Crippen MR) is 110 cm³/mol. The lowest BCUT2D eigenvalue weighted by atomic mass is 9.73. The molecular formula is C23H27N3O3. The Kier molecular flexibility index (Phi) is 4.46. The molecule has 2 saturated heterocycles. The van der Waals surface area contributed by atoms with Gasteiger partial charge in [0.15, 0.2) is 0 Å². The van der Waals surface area contributed by atoms with Crippen LogP contribution in [0.1, 0.15) is 23.6 Å². The molecule has 4 heterocycles. The molecule has 3 aliphatic rings. The third-order valence-electron chi connectivity index (χ3n) is 6.82. The van der Waals surface area contributed by atoms with Crippen LogP contribution < -0.4 is 15.6 Å². The number of carbonyl (C=O) groups is 1. The van der Waals surface area contributed by atoms with Crippen molar-refractivity contribution < 1.29 is 9.53 Å². The Balaban J connectivity index is 1.38. The van der Waals surface area contributed by atoms with Crippen molar-refractivity contribution in [3.05, 3.63) is 64.1 Å². The molecule has 2 atom stereocenters. The van der Waals surface area contributed by atoms with Crippen LogP contribution in [0.5, 0.6) is 5.75 Å². The summed E-state index contributed by atoms with van der Waals surface area (Å²) in [5.41, 5.74) is 1.91. The summed E-state index contributed by atoms with van der Waals surface area (Å²) in [5.74, 6) is 1.68. The van der Waals surface area contributed by atoms with Crippen LogP contribution in [0.15, 0.2) is 47.3 Å². The Bertz CT molecular complexity index is 995. The first-order valence-corrected chi connectivity index (χ1v) is 10.4. The summed E-state index contributed by atoms with van der Waals surface area (Å²) in [6.45, 7) is 3.60. The van der Waals surface area contributed by atoms with E-state index in [4.69, 9.17) is 4.74 Å². The Morgan fingerprint density at radius 1 is 1.17 bits per heavy atom. The van der Waals surface area contributed by atoms with Gasteiger partial charge in [0.1, 0.15) is 5.75 Å². The zero-order chi connectivity index (χ0) is 20.0. The molecule has 0 aliphatic carbocycles. The van der Waals surface area contributed by atoms with Crippen molar-refractivity contribution in [3.8, 4) is 5.75 Å². The number of likely N-dealkylation sites (tertiary alicyclic amines) is 1. The first-order chi connectivity index (χ1) is 14.1. The van der Waals surface area contributed by atoms with Gasteiger partial charge in [0.25, 0.3) is 5.56 Å². The Labute approximate surface area is 170 Å². The molecule has 0 saturated carbocycles. The number of methoxy groups -OCH3 is 1. The van der Waals surface area contributed by atoms with Gasteiger partial charge in [0.05, 0.1) is 12.5 Å². The van der Waals surface area contributed by atoms with Crippen molar-refractivity contribution in [3.63, 3.8) is 0 Å². The van der Waals surface area contributed by atoms with Crippen LogP contribution in [0.4, 0.5) is 0 Å². The van der Waals surface area contributed by atoms with E-state index in [1.807, 2.05) is 34.9 Å². The van der Waals surface area contributed by atoms with Crippen molar-refractivity contribution in [2.24, 2.45) is 11.3 Å². The molecule has 0 radical (unpaired) electrons. The van der Waals surface area contributed by atoms with Gasteiger partial charge in [-0.05, 0) is 42.5 Å². The topological polar surface area (TPSA) is 63.6 Å². The summed E-state index contributed by atoms with van der Waals surface area (Å²) in [5, 5.41) is 3.32. The highest BCUT2D eigenvalue weighted by Crippen LogP contribution is 2.38. The number of aromatic nitrogens is 1. The van der Waals surface area contributed by atoms with Crippen molar-refractivity contribution in [1.82, 2.24) is 14.8 Å². The standard InChI is InChI=1S/C23H27N3O3/c1-29-19-5-2-4-16(9-19)10-23(14-24-15-23)22(28)25-11-17-8-18(13-25)20-6-3-7-21(27)26(20)12-17/h2-7,9,17-18,24H,8,10-15H2,1H3/t17-,18+/m0/s1. The maximum Gasteiger partial charge on any atom is 0.250 e. The number of fused-ring (bicyclic) bond motifs is 4. The van der Waals surface area contributed by atoms with Crippen LogP contribution >= 0.6 is 0 Å². The third kappa shape index (κ3) is 3.15. The van der Waals surface area contributed by atoms with Crippen LogP contribution in [-0.4, -0.2) is 48.7 Å². The number of piperidine rings is 1. The minimum atomic E-state index is -0.381. The molecule has 2 aromatic rings. The largest absolute Gasteiger partial charge is 0.497 e. The minimum Gasteiger partial charge on any atom is -0.497 e. The molecule has 1 aromatic carbocycles. The average Bonchev–Trinajstić information content (AvgIpc) is 2.71. The number of hydrogen-bond donors (Lipinski definition) is 1. The van der Waals surface area contributed by atoms with E-state index in [0.29, 0.717) is 25.6 Å². The zero-order valence-corrected chi connectivity index (χ0v) is 16.8. The van der Waals surface area contributed by atoms with E-state index in [1.54, 1.807) is 13.2 Å². The number of carbonyl (C=O) groups excluding carboxylic acids is 1. The van der Waals surface area contributed by atoms with Gasteiger partial charge < -0.3 is 19.5 Å². The van der Waals surface area contributed by atoms with E-state index >= 15 is 0 Å². The van der Waals surface area contributed by atoms with Crippen molar-refractivity contribution in [1.29, 1.82) is 0 Å². The lowest BCUT2D eigenvalue weighted by Crippen LogP contribution is -2.65. The van der Waals surface area contributed by atoms with Crippen molar-refractivity contribution >= 4 is 5.91 Å². The molecule has 3 aliphatic heterocycles. The van der Waals surface area contributed by atoms with E-state index in [9.17, 15) is 9.59 Å². The summed E-state index contributed by atoms with van der Waals surface area (Å²) in [7, 11) is 1.67. The average molecular weight is 393 g/mol. The fourth-order valence-electron chi connectivity index (χ4n) is 5.35. The number of benzene rings is 1. The summed E-state index contributed by atoms with van der Waals surface area (Å²) >= 11 is 0. The van der Waals surface area contributed by atoms with Crippen molar-refractivity contribution in [2.45, 2.75) is 25.3 Å². The van der Waals surface area contributed by atoms with Crippen LogP contribution in [0.2, 0.25) is 0 Å². The van der Waals surface area contributed by atoms with Gasteiger partial charge in [0, 0.05) is 50.4 Å². The molecule has 1 aromatic heterocycles. The summed E-state index contributed by atoms with van der Waals surface area (Å²) < 4.78 is 7.27. The molecule has 152 valence electrons. The number of pyridine rings is 1. The van der Waals surface area contributed by atoms with E-state index < -0.39 is 0 Å². The molecule has 5 rings (SSSR count). The van der Waals surface area contributed by atoms with Crippen LogP contribution in [0.25, 0.3) is 0 Å². The van der Waals surface area contributed by atoms with E-state index in [0.717, 1.165) is 42.9 Å². The highest BCUT2D eigenvalue weighted by atomic mass is 16.5. The Morgan fingerprint density at radius 2 is 2.00 bits per heavy atom. The van der Waals surface area contributed by atoms with E-state index in [2.05, 4.69) is 16.3 Å². The number of nitrogens with one attached hydrogen (secondary N) is 1. The predicted octanol–water partition coefficient (Wildman–Crippen LogP) is 1.63.